The first-order chi connectivity index (χ1) is 11.0. The minimum absolute atomic E-state index is 0.223. The number of benzene rings is 1. The highest BCUT2D eigenvalue weighted by atomic mass is 19.4. The van der Waals surface area contributed by atoms with Crippen LogP contribution in [0.4, 0.5) is 17.6 Å². The molecule has 1 fully saturated rings. The molecule has 1 aromatic rings. The predicted molar refractivity (Wildman–Crippen MR) is 76.1 cm³/mol. The molecule has 1 aliphatic heterocycles. The van der Waals surface area contributed by atoms with Gasteiger partial charge in [0.05, 0.1) is 0 Å². The molecule has 2 atom stereocenters. The van der Waals surface area contributed by atoms with Gasteiger partial charge < -0.3 is 15.5 Å². The average molecular weight is 351 g/mol. The van der Waals surface area contributed by atoms with Crippen LogP contribution in [-0.4, -0.2) is 40.9 Å². The van der Waals surface area contributed by atoms with E-state index in [1.54, 1.807) is 6.07 Å². The average Bonchev–Trinajstić information content (AvgIpc) is 2.90. The number of hydrogen-bond acceptors (Lipinski definition) is 3. The van der Waals surface area contributed by atoms with Gasteiger partial charge in [-0.05, 0) is 55.5 Å². The number of hydrogen-bond donors (Lipinski definition) is 3. The van der Waals surface area contributed by atoms with Gasteiger partial charge in [0.25, 0.3) is 0 Å². The van der Waals surface area contributed by atoms with Crippen LogP contribution in [0.5, 0.6) is 0 Å². The van der Waals surface area contributed by atoms with E-state index < -0.39 is 24.2 Å². The van der Waals surface area contributed by atoms with Crippen molar-refractivity contribution in [3.63, 3.8) is 0 Å². The van der Waals surface area contributed by atoms with Gasteiger partial charge in [0, 0.05) is 0 Å². The predicted octanol–water partition coefficient (Wildman–Crippen LogP) is 2.37. The summed E-state index contributed by atoms with van der Waals surface area (Å²) < 4.78 is 44.7. The quantitative estimate of drug-likeness (QED) is 0.728. The van der Waals surface area contributed by atoms with Gasteiger partial charge in [0.15, 0.2) is 0 Å². The van der Waals surface area contributed by atoms with Crippen LogP contribution >= 0.6 is 0 Å². The van der Waals surface area contributed by atoms with Gasteiger partial charge in [0.2, 0.25) is 0 Å². The Morgan fingerprint density at radius 2 is 1.88 bits per heavy atom. The first-order valence-corrected chi connectivity index (χ1v) is 7.02. The molecule has 5 nitrogen and oxygen atoms in total. The zero-order valence-electron chi connectivity index (χ0n) is 12.7. The Balaban J connectivity index is 0.000000351. The van der Waals surface area contributed by atoms with Crippen molar-refractivity contribution in [1.29, 1.82) is 0 Å². The number of carboxylic acids is 2. The van der Waals surface area contributed by atoms with Crippen LogP contribution in [0.15, 0.2) is 18.2 Å². The normalized spacial score (nSPS) is 20.2. The van der Waals surface area contributed by atoms with E-state index >= 15 is 0 Å². The van der Waals surface area contributed by atoms with Crippen LogP contribution in [0.25, 0.3) is 0 Å². The van der Waals surface area contributed by atoms with E-state index in [4.69, 9.17) is 15.0 Å². The van der Waals surface area contributed by atoms with E-state index in [9.17, 15) is 22.4 Å². The van der Waals surface area contributed by atoms with E-state index in [0.717, 1.165) is 17.5 Å². The van der Waals surface area contributed by atoms with Gasteiger partial charge in [-0.1, -0.05) is 6.07 Å². The smallest absolute Gasteiger partial charge is 0.480 e. The Kier molecular flexibility index (Phi) is 6.70. The minimum Gasteiger partial charge on any atom is -0.480 e. The number of aliphatic carboxylic acids is 2. The van der Waals surface area contributed by atoms with Gasteiger partial charge in [-0.3, -0.25) is 4.79 Å². The summed E-state index contributed by atoms with van der Waals surface area (Å²) in [6, 6.07) is 4.34. The minimum atomic E-state index is -5.08. The molecule has 0 radical (unpaired) electrons. The van der Waals surface area contributed by atoms with Gasteiger partial charge in [-0.25, -0.2) is 9.18 Å². The Hall–Kier alpha value is -2.16. The topological polar surface area (TPSA) is 86.6 Å². The molecule has 1 aliphatic rings. The van der Waals surface area contributed by atoms with Crippen molar-refractivity contribution >= 4 is 11.9 Å². The summed E-state index contributed by atoms with van der Waals surface area (Å²) in [6.45, 7) is 2.60. The van der Waals surface area contributed by atoms with Gasteiger partial charge >= 0.3 is 18.1 Å². The number of rotatable bonds is 3. The summed E-state index contributed by atoms with van der Waals surface area (Å²) >= 11 is 0. The Morgan fingerprint density at radius 3 is 2.29 bits per heavy atom. The lowest BCUT2D eigenvalue weighted by atomic mass is 9.94. The molecule has 0 unspecified atom stereocenters. The van der Waals surface area contributed by atoms with Crippen LogP contribution in [-0.2, 0) is 16.0 Å². The fourth-order valence-electron chi connectivity index (χ4n) is 2.35. The number of nitrogens with one attached hydrogen (secondary N) is 1. The highest BCUT2D eigenvalue weighted by Crippen LogP contribution is 2.21. The molecule has 134 valence electrons. The van der Waals surface area contributed by atoms with Crippen molar-refractivity contribution in [3.8, 4) is 0 Å². The molecule has 0 aromatic heterocycles. The van der Waals surface area contributed by atoms with Crippen molar-refractivity contribution in [2.45, 2.75) is 32.0 Å². The fourth-order valence-corrected chi connectivity index (χ4v) is 2.35. The second-order valence-corrected chi connectivity index (χ2v) is 5.48. The molecule has 0 aliphatic carbocycles. The van der Waals surface area contributed by atoms with Gasteiger partial charge in [-0.2, -0.15) is 13.2 Å². The third-order valence-corrected chi connectivity index (χ3v) is 3.58. The Bertz CT molecular complexity index is 604. The number of alkyl halides is 3. The number of halogens is 4. The molecule has 1 saturated heterocycles. The molecule has 24 heavy (non-hydrogen) atoms. The molecule has 3 N–H and O–H groups in total. The van der Waals surface area contributed by atoms with Crippen molar-refractivity contribution in [3.05, 3.63) is 35.1 Å². The first-order valence-electron chi connectivity index (χ1n) is 7.02. The summed E-state index contributed by atoms with van der Waals surface area (Å²) in [6.07, 6.45) is -3.63. The standard InChI is InChI=1S/C13H16FNO2.C2HF3O2/c1-8-4-11(14)3-2-10(8)5-9-6-12(13(16)17)15-7-9;3-2(4,5)1(6)7/h2-4,9,12,15H,5-7H2,1H3,(H,16,17);(H,6,7)/t9-,12+;/m1./s1. The van der Waals surface area contributed by atoms with Crippen LogP contribution in [0.1, 0.15) is 17.5 Å². The Labute approximate surface area is 135 Å². The lowest BCUT2D eigenvalue weighted by molar-refractivity contribution is -0.192. The molecule has 0 bridgehead atoms. The zero-order chi connectivity index (χ0) is 18.5. The monoisotopic (exact) mass is 351 g/mol. The summed E-state index contributed by atoms with van der Waals surface area (Å²) in [7, 11) is 0. The van der Waals surface area contributed by atoms with Gasteiger partial charge in [0.1, 0.15) is 11.9 Å². The number of carboxylic acid groups (broad SMARTS) is 2. The highest BCUT2D eigenvalue weighted by molar-refractivity contribution is 5.74. The van der Waals surface area contributed by atoms with E-state index in [0.29, 0.717) is 18.9 Å². The molecular weight excluding hydrogens is 334 g/mol. The van der Waals surface area contributed by atoms with Crippen LogP contribution < -0.4 is 5.32 Å². The molecular formula is C15H17F4NO4. The highest BCUT2D eigenvalue weighted by Gasteiger charge is 2.38. The van der Waals surface area contributed by atoms with E-state index in [-0.39, 0.29) is 5.82 Å². The maximum atomic E-state index is 12.9. The molecule has 0 saturated carbocycles. The van der Waals surface area contributed by atoms with Crippen molar-refractivity contribution in [2.75, 3.05) is 6.54 Å². The van der Waals surface area contributed by atoms with E-state index in [1.165, 1.54) is 12.1 Å². The molecule has 9 heteroatoms. The third kappa shape index (κ3) is 6.15. The number of carbonyl (C=O) groups is 2. The van der Waals surface area contributed by atoms with Crippen LogP contribution in [0.2, 0.25) is 0 Å². The Morgan fingerprint density at radius 1 is 1.29 bits per heavy atom. The zero-order valence-corrected chi connectivity index (χ0v) is 12.7. The van der Waals surface area contributed by atoms with Crippen molar-refractivity contribution < 1.29 is 37.4 Å². The lowest BCUT2D eigenvalue weighted by Crippen LogP contribution is -2.29. The maximum absolute atomic E-state index is 12.9. The summed E-state index contributed by atoms with van der Waals surface area (Å²) in [5.41, 5.74) is 2.04. The number of aryl methyl sites for hydroxylation is 1. The first kappa shape index (κ1) is 19.9. The largest absolute Gasteiger partial charge is 0.490 e. The van der Waals surface area contributed by atoms with Crippen molar-refractivity contribution in [1.82, 2.24) is 5.32 Å². The van der Waals surface area contributed by atoms with E-state index in [1.807, 2.05) is 6.92 Å². The SMILES string of the molecule is Cc1cc(F)ccc1C[C@H]1CN[C@H](C(=O)O)C1.O=C(O)C(F)(F)F. The molecule has 1 heterocycles. The summed E-state index contributed by atoms with van der Waals surface area (Å²) in [5, 5.41) is 19.0. The molecule has 0 amide bonds. The van der Waals surface area contributed by atoms with Crippen LogP contribution in [0, 0.1) is 18.7 Å². The second kappa shape index (κ2) is 8.09. The lowest BCUT2D eigenvalue weighted by Gasteiger charge is -2.11. The molecule has 1 aromatic carbocycles. The van der Waals surface area contributed by atoms with Gasteiger partial charge in [-0.15, -0.1) is 0 Å². The third-order valence-electron chi connectivity index (χ3n) is 3.58. The molecule has 2 rings (SSSR count). The summed E-state index contributed by atoms with van der Waals surface area (Å²) in [4.78, 5) is 19.7. The van der Waals surface area contributed by atoms with Crippen molar-refractivity contribution in [2.24, 2.45) is 5.92 Å². The van der Waals surface area contributed by atoms with Crippen LogP contribution in [0.3, 0.4) is 0 Å². The second-order valence-electron chi connectivity index (χ2n) is 5.48. The molecule has 0 spiro atoms. The fraction of sp³-hybridized carbons (Fsp3) is 0.467. The maximum Gasteiger partial charge on any atom is 0.490 e. The summed E-state index contributed by atoms with van der Waals surface area (Å²) in [5.74, 6) is -3.45. The van der Waals surface area contributed by atoms with E-state index in [2.05, 4.69) is 5.32 Å².